The van der Waals surface area contributed by atoms with Crippen LogP contribution in [0.1, 0.15) is 24.0 Å². The van der Waals surface area contributed by atoms with Crippen LogP contribution in [-0.4, -0.2) is 29.5 Å². The number of halogens is 1. The molecule has 2 aromatic carbocycles. The van der Waals surface area contributed by atoms with Gasteiger partial charge in [0.15, 0.2) is 11.5 Å². The topological polar surface area (TPSA) is 67.9 Å². The normalized spacial score (nSPS) is 18.1. The molecule has 1 fully saturated rings. The van der Waals surface area contributed by atoms with Crippen LogP contribution in [0.15, 0.2) is 36.4 Å². The number of carbonyl (C=O) groups is 2. The van der Waals surface area contributed by atoms with E-state index in [9.17, 15) is 14.0 Å². The maximum Gasteiger partial charge on any atom is 0.247 e. The van der Waals surface area contributed by atoms with Crippen LogP contribution >= 0.6 is 0 Å². The molecule has 140 valence electrons. The molecule has 0 aromatic heterocycles. The Morgan fingerprint density at radius 3 is 2.89 bits per heavy atom. The molecule has 2 aliphatic rings. The summed E-state index contributed by atoms with van der Waals surface area (Å²) in [7, 11) is 0. The first-order valence-electron chi connectivity index (χ1n) is 8.76. The molecule has 0 saturated carbocycles. The molecule has 0 bridgehead atoms. The van der Waals surface area contributed by atoms with Crippen molar-refractivity contribution in [3.05, 3.63) is 53.3 Å². The highest BCUT2D eigenvalue weighted by Gasteiger charge is 2.36. The summed E-state index contributed by atoms with van der Waals surface area (Å²) in [5, 5.41) is 2.75. The van der Waals surface area contributed by atoms with E-state index in [-0.39, 0.29) is 18.6 Å². The number of fused-ring (bicyclic) bond motifs is 1. The second kappa shape index (κ2) is 6.90. The van der Waals surface area contributed by atoms with Gasteiger partial charge in [-0.05, 0) is 48.7 Å². The third-order valence-corrected chi connectivity index (χ3v) is 4.88. The molecule has 7 heteroatoms. The van der Waals surface area contributed by atoms with Crippen molar-refractivity contribution in [2.45, 2.75) is 32.4 Å². The van der Waals surface area contributed by atoms with E-state index >= 15 is 0 Å². The summed E-state index contributed by atoms with van der Waals surface area (Å²) in [5.74, 6) is 0.493. The van der Waals surface area contributed by atoms with Gasteiger partial charge in [0.2, 0.25) is 18.6 Å². The van der Waals surface area contributed by atoms with Gasteiger partial charge in [0.1, 0.15) is 11.9 Å². The fourth-order valence-electron chi connectivity index (χ4n) is 3.39. The molecule has 2 aliphatic heterocycles. The van der Waals surface area contributed by atoms with Crippen molar-refractivity contribution in [3.8, 4) is 11.5 Å². The zero-order valence-corrected chi connectivity index (χ0v) is 14.8. The Hall–Kier alpha value is -3.09. The van der Waals surface area contributed by atoms with Gasteiger partial charge in [-0.15, -0.1) is 0 Å². The van der Waals surface area contributed by atoms with E-state index < -0.39 is 11.9 Å². The first kappa shape index (κ1) is 17.3. The van der Waals surface area contributed by atoms with Crippen LogP contribution in [0.3, 0.4) is 0 Å². The van der Waals surface area contributed by atoms with Gasteiger partial charge in [-0.2, -0.15) is 0 Å². The van der Waals surface area contributed by atoms with Crippen LogP contribution in [0.25, 0.3) is 0 Å². The van der Waals surface area contributed by atoms with Gasteiger partial charge in [0.25, 0.3) is 0 Å². The average Bonchev–Trinajstić information content (AvgIpc) is 3.25. The number of aryl methyl sites for hydroxylation is 1. The number of hydrogen-bond acceptors (Lipinski definition) is 4. The van der Waals surface area contributed by atoms with E-state index in [1.165, 1.54) is 12.1 Å². The fourth-order valence-corrected chi connectivity index (χ4v) is 3.39. The molecule has 0 aliphatic carbocycles. The summed E-state index contributed by atoms with van der Waals surface area (Å²) in [4.78, 5) is 26.6. The number of nitrogens with zero attached hydrogens (tertiary/aromatic N) is 1. The van der Waals surface area contributed by atoms with Crippen LogP contribution in [0.5, 0.6) is 11.5 Å². The molecular weight excluding hydrogens is 351 g/mol. The summed E-state index contributed by atoms with van der Waals surface area (Å²) in [6.07, 6.45) is 0.744. The first-order valence-corrected chi connectivity index (χ1v) is 8.76. The summed E-state index contributed by atoms with van der Waals surface area (Å²) in [6, 6.07) is 9.11. The second-order valence-electron chi connectivity index (χ2n) is 6.71. The average molecular weight is 370 g/mol. The van der Waals surface area contributed by atoms with Crippen molar-refractivity contribution >= 4 is 17.5 Å². The Labute approximate surface area is 155 Å². The lowest BCUT2D eigenvalue weighted by atomic mass is 10.1. The molecule has 27 heavy (non-hydrogen) atoms. The van der Waals surface area contributed by atoms with Crippen molar-refractivity contribution in [1.82, 2.24) is 4.90 Å². The number of likely N-dealkylation sites (tertiary alicyclic amines) is 1. The van der Waals surface area contributed by atoms with Gasteiger partial charge < -0.3 is 19.7 Å². The van der Waals surface area contributed by atoms with Gasteiger partial charge in [0, 0.05) is 18.7 Å². The van der Waals surface area contributed by atoms with E-state index in [1.54, 1.807) is 24.0 Å². The Bertz CT molecular complexity index is 915. The number of anilines is 1. The minimum absolute atomic E-state index is 0.0798. The summed E-state index contributed by atoms with van der Waals surface area (Å²) in [5.41, 5.74) is 2.04. The molecule has 2 heterocycles. The van der Waals surface area contributed by atoms with Gasteiger partial charge in [-0.25, -0.2) is 4.39 Å². The van der Waals surface area contributed by atoms with Crippen molar-refractivity contribution in [1.29, 1.82) is 0 Å². The number of nitrogens with one attached hydrogen (secondary N) is 1. The quantitative estimate of drug-likeness (QED) is 0.898. The molecule has 1 unspecified atom stereocenters. The summed E-state index contributed by atoms with van der Waals surface area (Å²) >= 11 is 0. The Morgan fingerprint density at radius 2 is 2.04 bits per heavy atom. The molecule has 0 radical (unpaired) electrons. The Morgan fingerprint density at radius 1 is 1.22 bits per heavy atom. The van der Waals surface area contributed by atoms with Crippen LogP contribution < -0.4 is 14.8 Å². The molecule has 2 aromatic rings. The van der Waals surface area contributed by atoms with E-state index in [1.807, 2.05) is 12.1 Å². The summed E-state index contributed by atoms with van der Waals surface area (Å²) in [6.45, 7) is 2.27. The zero-order chi connectivity index (χ0) is 19.0. The largest absolute Gasteiger partial charge is 0.454 e. The van der Waals surface area contributed by atoms with E-state index in [0.29, 0.717) is 36.6 Å². The van der Waals surface area contributed by atoms with Crippen molar-refractivity contribution in [2.75, 3.05) is 12.1 Å². The number of ether oxygens (including phenoxy) is 2. The number of hydrogen-bond donors (Lipinski definition) is 1. The molecule has 1 saturated heterocycles. The highest BCUT2D eigenvalue weighted by molar-refractivity contribution is 5.99. The number of carbonyl (C=O) groups excluding carboxylic acids is 2. The van der Waals surface area contributed by atoms with E-state index in [0.717, 1.165) is 11.1 Å². The minimum Gasteiger partial charge on any atom is -0.454 e. The van der Waals surface area contributed by atoms with Crippen LogP contribution in [0.2, 0.25) is 0 Å². The minimum atomic E-state index is -0.592. The van der Waals surface area contributed by atoms with Gasteiger partial charge in [-0.1, -0.05) is 12.1 Å². The number of benzene rings is 2. The lowest BCUT2D eigenvalue weighted by Gasteiger charge is -2.24. The highest BCUT2D eigenvalue weighted by atomic mass is 19.1. The molecule has 2 amide bonds. The van der Waals surface area contributed by atoms with Gasteiger partial charge in [-0.3, -0.25) is 9.59 Å². The molecular formula is C20H19FN2O4. The molecule has 6 nitrogen and oxygen atoms in total. The number of amides is 2. The first-order chi connectivity index (χ1) is 13.0. The standard InChI is InChI=1S/C20H19FN2O4/c1-12-2-4-14(21)9-15(12)22-20(25)16-5-7-19(24)23(16)10-13-3-6-17-18(8-13)27-11-26-17/h2-4,6,8-9,16H,5,7,10-11H2,1H3,(H,22,25). The predicted molar refractivity (Wildman–Crippen MR) is 95.9 cm³/mol. The summed E-state index contributed by atoms with van der Waals surface area (Å²) < 4.78 is 24.1. The van der Waals surface area contributed by atoms with E-state index in [4.69, 9.17) is 9.47 Å². The molecule has 0 spiro atoms. The monoisotopic (exact) mass is 370 g/mol. The maximum atomic E-state index is 13.5. The van der Waals surface area contributed by atoms with E-state index in [2.05, 4.69) is 5.32 Å². The van der Waals surface area contributed by atoms with Crippen molar-refractivity contribution in [2.24, 2.45) is 0 Å². The van der Waals surface area contributed by atoms with Crippen LogP contribution in [0, 0.1) is 12.7 Å². The third kappa shape index (κ3) is 3.45. The zero-order valence-electron chi connectivity index (χ0n) is 14.8. The van der Waals surface area contributed by atoms with Gasteiger partial charge >= 0.3 is 0 Å². The van der Waals surface area contributed by atoms with Crippen molar-refractivity contribution < 1.29 is 23.5 Å². The fraction of sp³-hybridized carbons (Fsp3) is 0.300. The maximum absolute atomic E-state index is 13.5. The smallest absolute Gasteiger partial charge is 0.247 e. The third-order valence-electron chi connectivity index (χ3n) is 4.88. The lowest BCUT2D eigenvalue weighted by Crippen LogP contribution is -2.41. The highest BCUT2D eigenvalue weighted by Crippen LogP contribution is 2.33. The lowest BCUT2D eigenvalue weighted by molar-refractivity contribution is -0.133. The van der Waals surface area contributed by atoms with Crippen molar-refractivity contribution in [3.63, 3.8) is 0 Å². The molecule has 1 N–H and O–H groups in total. The predicted octanol–water partition coefficient (Wildman–Crippen LogP) is 2.99. The van der Waals surface area contributed by atoms with Crippen LogP contribution in [-0.2, 0) is 16.1 Å². The Kier molecular flexibility index (Phi) is 4.43. The SMILES string of the molecule is Cc1ccc(F)cc1NC(=O)C1CCC(=O)N1Cc1ccc2c(c1)OCO2. The van der Waals surface area contributed by atoms with Gasteiger partial charge in [0.05, 0.1) is 0 Å². The number of rotatable bonds is 4. The Balaban J connectivity index is 1.50. The second-order valence-corrected chi connectivity index (χ2v) is 6.71. The molecule has 4 rings (SSSR count). The van der Waals surface area contributed by atoms with Crippen LogP contribution in [0.4, 0.5) is 10.1 Å². The molecule has 1 atom stereocenters.